The first-order valence-electron chi connectivity index (χ1n) is 6.23. The third-order valence-corrected chi connectivity index (χ3v) is 3.19. The summed E-state index contributed by atoms with van der Waals surface area (Å²) in [5, 5.41) is 17.6. The van der Waals surface area contributed by atoms with Crippen LogP contribution in [0.15, 0.2) is 24.3 Å². The van der Waals surface area contributed by atoms with Crippen molar-refractivity contribution in [3.63, 3.8) is 0 Å². The van der Waals surface area contributed by atoms with E-state index in [0.717, 1.165) is 17.7 Å². The van der Waals surface area contributed by atoms with Crippen molar-refractivity contribution in [1.82, 2.24) is 0 Å². The number of nitrogens with two attached hydrogens (primary N) is 1. The van der Waals surface area contributed by atoms with E-state index in [1.165, 1.54) is 0 Å². The van der Waals surface area contributed by atoms with Crippen LogP contribution in [0.4, 0.5) is 0 Å². The number of carboxylic acids is 1. The lowest BCUT2D eigenvalue weighted by molar-refractivity contribution is -0.135. The minimum atomic E-state index is -0.968. The third kappa shape index (κ3) is 4.89. The van der Waals surface area contributed by atoms with Gasteiger partial charge in [-0.2, -0.15) is 0 Å². The first-order valence-corrected chi connectivity index (χ1v) is 6.23. The smallest absolute Gasteiger partial charge is 0.317 e. The molecule has 5 nitrogen and oxygen atoms in total. The van der Waals surface area contributed by atoms with Gasteiger partial charge in [-0.15, -0.1) is 0 Å². The molecule has 1 saturated carbocycles. The predicted octanol–water partition coefficient (Wildman–Crippen LogP) is 1.41. The molecular formula is C14H21NO4. The molecule has 1 aliphatic carbocycles. The Balaban J connectivity index is 0.000000312. The van der Waals surface area contributed by atoms with Gasteiger partial charge in [0.25, 0.3) is 0 Å². The van der Waals surface area contributed by atoms with Crippen molar-refractivity contribution >= 4 is 5.97 Å². The Hall–Kier alpha value is -1.59. The van der Waals surface area contributed by atoms with Crippen molar-refractivity contribution < 1.29 is 19.7 Å². The van der Waals surface area contributed by atoms with Gasteiger partial charge in [0.2, 0.25) is 0 Å². The normalized spacial score (nSPS) is 21.9. The van der Waals surface area contributed by atoms with Crippen LogP contribution < -0.4 is 10.5 Å². The first kappa shape index (κ1) is 15.5. The number of aliphatic hydroxyl groups is 1. The van der Waals surface area contributed by atoms with Crippen molar-refractivity contribution in [3.8, 4) is 5.75 Å². The number of carboxylic acid groups (broad SMARTS) is 1. The van der Waals surface area contributed by atoms with Crippen LogP contribution in [-0.2, 0) is 4.79 Å². The molecule has 0 bridgehead atoms. The highest BCUT2D eigenvalue weighted by Crippen LogP contribution is 2.47. The van der Waals surface area contributed by atoms with Crippen molar-refractivity contribution in [1.29, 1.82) is 0 Å². The molecule has 3 unspecified atom stereocenters. The molecule has 0 aliphatic heterocycles. The number of aliphatic hydroxyl groups excluding tert-OH is 1. The van der Waals surface area contributed by atoms with Gasteiger partial charge in [-0.25, -0.2) is 0 Å². The zero-order chi connectivity index (χ0) is 14.4. The number of benzene rings is 1. The zero-order valence-corrected chi connectivity index (χ0v) is 11.2. The van der Waals surface area contributed by atoms with E-state index in [0.29, 0.717) is 11.8 Å². The quantitative estimate of drug-likeness (QED) is 0.767. The first-order chi connectivity index (χ1) is 8.99. The molecule has 0 radical (unpaired) electrons. The predicted molar refractivity (Wildman–Crippen MR) is 71.9 cm³/mol. The van der Waals surface area contributed by atoms with Gasteiger partial charge in [0.15, 0.2) is 0 Å². The molecule has 0 aromatic heterocycles. The second-order valence-corrected chi connectivity index (χ2v) is 4.70. The topological polar surface area (TPSA) is 92.8 Å². The molecule has 1 aromatic carbocycles. The van der Waals surface area contributed by atoms with Crippen molar-refractivity contribution in [2.24, 2.45) is 17.6 Å². The molecular weight excluding hydrogens is 246 g/mol. The fraction of sp³-hybridized carbons (Fsp3) is 0.500. The summed E-state index contributed by atoms with van der Waals surface area (Å²) in [6.45, 7) is 1.90. The van der Waals surface area contributed by atoms with Gasteiger partial charge in [0.05, 0.1) is 19.8 Å². The highest BCUT2D eigenvalue weighted by atomic mass is 16.5. The van der Waals surface area contributed by atoms with Gasteiger partial charge >= 0.3 is 5.97 Å². The minimum absolute atomic E-state index is 0.278. The number of hydrogen-bond acceptors (Lipinski definition) is 4. The Kier molecular flexibility index (Phi) is 5.79. The lowest BCUT2D eigenvalue weighted by atomic mass is 10.0. The molecule has 1 aliphatic rings. The second kappa shape index (κ2) is 7.11. The van der Waals surface area contributed by atoms with E-state index < -0.39 is 5.97 Å². The molecule has 1 fully saturated rings. The van der Waals surface area contributed by atoms with Crippen LogP contribution in [0, 0.1) is 11.8 Å². The highest BCUT2D eigenvalue weighted by molar-refractivity contribution is 5.68. The van der Waals surface area contributed by atoms with Crippen LogP contribution in [0.1, 0.15) is 25.0 Å². The maximum Gasteiger partial charge on any atom is 0.317 e. The molecule has 5 heteroatoms. The number of ether oxygens (including phenoxy) is 1. The van der Waals surface area contributed by atoms with E-state index in [-0.39, 0.29) is 12.6 Å². The Bertz CT molecular complexity index is 422. The molecule has 19 heavy (non-hydrogen) atoms. The maximum absolute atomic E-state index is 10.00. The van der Waals surface area contributed by atoms with Gasteiger partial charge in [-0.05, 0) is 36.0 Å². The standard InChI is InChI=1S/C12H16O2.C2H5NO2/c1-8-6-11(8)12(13)9-4-3-5-10(7-9)14-2;3-1-2(4)5/h3-5,7-8,11-13H,6H2,1-2H3;1,3H2,(H,4,5). The Morgan fingerprint density at radius 2 is 2.16 bits per heavy atom. The summed E-state index contributed by atoms with van der Waals surface area (Å²) in [6, 6.07) is 7.69. The van der Waals surface area contributed by atoms with Gasteiger partial charge in [0, 0.05) is 0 Å². The number of carbonyl (C=O) groups is 1. The van der Waals surface area contributed by atoms with E-state index in [1.807, 2.05) is 24.3 Å². The number of aliphatic carboxylic acids is 1. The summed E-state index contributed by atoms with van der Waals surface area (Å²) < 4.78 is 5.12. The number of hydrogen-bond donors (Lipinski definition) is 3. The number of methoxy groups -OCH3 is 1. The van der Waals surface area contributed by atoms with E-state index >= 15 is 0 Å². The van der Waals surface area contributed by atoms with Crippen LogP contribution >= 0.6 is 0 Å². The molecule has 0 saturated heterocycles. The Labute approximate surface area is 113 Å². The lowest BCUT2D eigenvalue weighted by Crippen LogP contribution is -2.10. The summed E-state index contributed by atoms with van der Waals surface area (Å²) in [4.78, 5) is 9.24. The summed E-state index contributed by atoms with van der Waals surface area (Å²) in [7, 11) is 1.64. The van der Waals surface area contributed by atoms with E-state index in [1.54, 1.807) is 7.11 Å². The fourth-order valence-corrected chi connectivity index (χ4v) is 1.86. The van der Waals surface area contributed by atoms with Crippen molar-refractivity contribution in [2.45, 2.75) is 19.4 Å². The average Bonchev–Trinajstić information content (AvgIpc) is 3.15. The monoisotopic (exact) mass is 267 g/mol. The van der Waals surface area contributed by atoms with E-state index in [9.17, 15) is 9.90 Å². The van der Waals surface area contributed by atoms with Crippen LogP contribution in [0.2, 0.25) is 0 Å². The maximum atomic E-state index is 10.00. The van der Waals surface area contributed by atoms with Gasteiger partial charge in [-0.1, -0.05) is 19.1 Å². The molecule has 4 N–H and O–H groups in total. The largest absolute Gasteiger partial charge is 0.497 e. The second-order valence-electron chi connectivity index (χ2n) is 4.70. The minimum Gasteiger partial charge on any atom is -0.497 e. The van der Waals surface area contributed by atoms with E-state index in [4.69, 9.17) is 9.84 Å². The van der Waals surface area contributed by atoms with Gasteiger partial charge in [-0.3, -0.25) is 4.79 Å². The summed E-state index contributed by atoms with van der Waals surface area (Å²) in [5.41, 5.74) is 5.54. The SMILES string of the molecule is COc1cccc(C(O)C2CC2C)c1.NCC(=O)O. The van der Waals surface area contributed by atoms with Crippen LogP contribution in [0.25, 0.3) is 0 Å². The highest BCUT2D eigenvalue weighted by Gasteiger charge is 2.39. The number of rotatable bonds is 4. The van der Waals surface area contributed by atoms with Gasteiger partial charge in [0.1, 0.15) is 5.75 Å². The van der Waals surface area contributed by atoms with Crippen LogP contribution in [0.5, 0.6) is 5.75 Å². The van der Waals surface area contributed by atoms with Crippen LogP contribution in [-0.4, -0.2) is 29.8 Å². The van der Waals surface area contributed by atoms with E-state index in [2.05, 4.69) is 12.7 Å². The summed E-state index contributed by atoms with van der Waals surface area (Å²) in [5.74, 6) is 0.957. The lowest BCUT2D eigenvalue weighted by Gasteiger charge is -2.11. The van der Waals surface area contributed by atoms with Crippen molar-refractivity contribution in [2.75, 3.05) is 13.7 Å². The van der Waals surface area contributed by atoms with Gasteiger partial charge < -0.3 is 20.7 Å². The Morgan fingerprint density at radius 3 is 2.58 bits per heavy atom. The van der Waals surface area contributed by atoms with Crippen LogP contribution in [0.3, 0.4) is 0 Å². The molecule has 106 valence electrons. The summed E-state index contributed by atoms with van der Waals surface area (Å²) in [6.07, 6.45) is 0.818. The molecule has 2 rings (SSSR count). The molecule has 1 aromatic rings. The van der Waals surface area contributed by atoms with Crippen molar-refractivity contribution in [3.05, 3.63) is 29.8 Å². The Morgan fingerprint density at radius 1 is 1.58 bits per heavy atom. The molecule has 0 amide bonds. The molecule has 0 heterocycles. The fourth-order valence-electron chi connectivity index (χ4n) is 1.86. The summed E-state index contributed by atoms with van der Waals surface area (Å²) >= 11 is 0. The molecule has 0 spiro atoms. The zero-order valence-electron chi connectivity index (χ0n) is 11.2. The molecule has 3 atom stereocenters. The average molecular weight is 267 g/mol. The third-order valence-electron chi connectivity index (χ3n) is 3.19.